The van der Waals surface area contributed by atoms with Gasteiger partial charge in [0.05, 0.1) is 6.04 Å². The maximum atomic E-state index is 11.1. The molecule has 1 atom stereocenters. The Morgan fingerprint density at radius 3 is 2.86 bits per heavy atom. The lowest BCUT2D eigenvalue weighted by Gasteiger charge is -2.12. The Bertz CT molecular complexity index is 385. The third-order valence-electron chi connectivity index (χ3n) is 2.35. The molecular formula is C11H12N2O. The molecule has 0 saturated heterocycles. The van der Waals surface area contributed by atoms with Crippen LogP contribution in [0.25, 0.3) is 0 Å². The van der Waals surface area contributed by atoms with Crippen LogP contribution in [0.2, 0.25) is 0 Å². The van der Waals surface area contributed by atoms with Crippen molar-refractivity contribution >= 4 is 5.91 Å². The van der Waals surface area contributed by atoms with Crippen LogP contribution in [0.3, 0.4) is 0 Å². The molecule has 0 saturated carbocycles. The highest BCUT2D eigenvalue weighted by molar-refractivity contribution is 5.94. The molecule has 1 aliphatic rings. The molecule has 0 aliphatic carbocycles. The van der Waals surface area contributed by atoms with Gasteiger partial charge in [-0.3, -0.25) is 4.79 Å². The van der Waals surface area contributed by atoms with Crippen molar-refractivity contribution in [3.8, 4) is 0 Å². The smallest absolute Gasteiger partial charge is 0.249 e. The maximum absolute atomic E-state index is 11.1. The molecule has 0 radical (unpaired) electrons. The van der Waals surface area contributed by atoms with Crippen LogP contribution in [-0.2, 0) is 0 Å². The summed E-state index contributed by atoms with van der Waals surface area (Å²) in [4.78, 5) is 11.1. The Labute approximate surface area is 82.6 Å². The van der Waals surface area contributed by atoms with E-state index in [-0.39, 0.29) is 11.9 Å². The largest absolute Gasteiger partial charge is 0.366 e. The summed E-state index contributed by atoms with van der Waals surface area (Å²) >= 11 is 0. The van der Waals surface area contributed by atoms with E-state index in [1.54, 1.807) is 6.07 Å². The zero-order valence-corrected chi connectivity index (χ0v) is 7.73. The van der Waals surface area contributed by atoms with Gasteiger partial charge in [-0.25, -0.2) is 0 Å². The van der Waals surface area contributed by atoms with Crippen molar-refractivity contribution in [2.45, 2.75) is 6.04 Å². The molecule has 1 aromatic rings. The number of nitrogens with one attached hydrogen (secondary N) is 1. The quantitative estimate of drug-likeness (QED) is 0.680. The second-order valence-corrected chi connectivity index (χ2v) is 3.27. The minimum absolute atomic E-state index is 0.124. The van der Waals surface area contributed by atoms with Crippen LogP contribution in [0, 0.1) is 0 Å². The first kappa shape index (κ1) is 8.97. The van der Waals surface area contributed by atoms with Crippen molar-refractivity contribution < 1.29 is 4.79 Å². The molecule has 3 heteroatoms. The van der Waals surface area contributed by atoms with Crippen molar-refractivity contribution in [2.24, 2.45) is 5.73 Å². The monoisotopic (exact) mass is 188 g/mol. The molecule has 3 nitrogen and oxygen atoms in total. The summed E-state index contributed by atoms with van der Waals surface area (Å²) in [6.45, 7) is 0.845. The SMILES string of the molecule is NC(=O)c1ccccc1[C@@H]1C=CCN1. The first-order valence-corrected chi connectivity index (χ1v) is 4.58. The van der Waals surface area contributed by atoms with Gasteiger partial charge in [0.25, 0.3) is 0 Å². The van der Waals surface area contributed by atoms with Crippen LogP contribution >= 0.6 is 0 Å². The fourth-order valence-electron chi connectivity index (χ4n) is 1.67. The normalized spacial score (nSPS) is 19.9. The fraction of sp³-hybridized carbons (Fsp3) is 0.182. The van der Waals surface area contributed by atoms with E-state index >= 15 is 0 Å². The highest BCUT2D eigenvalue weighted by atomic mass is 16.1. The Hall–Kier alpha value is -1.61. The van der Waals surface area contributed by atoms with Gasteiger partial charge in [-0.05, 0) is 11.6 Å². The molecule has 0 spiro atoms. The summed E-state index contributed by atoms with van der Waals surface area (Å²) < 4.78 is 0. The number of hydrogen-bond donors (Lipinski definition) is 2. The number of rotatable bonds is 2. The molecule has 0 fully saturated rings. The minimum atomic E-state index is -0.372. The fourth-order valence-corrected chi connectivity index (χ4v) is 1.67. The van der Waals surface area contributed by atoms with Crippen molar-refractivity contribution in [2.75, 3.05) is 6.54 Å². The van der Waals surface area contributed by atoms with Gasteiger partial charge in [-0.1, -0.05) is 30.4 Å². The summed E-state index contributed by atoms with van der Waals surface area (Å²) in [5.41, 5.74) is 6.84. The average Bonchev–Trinajstić information content (AvgIpc) is 2.70. The van der Waals surface area contributed by atoms with Gasteiger partial charge in [0, 0.05) is 12.1 Å². The van der Waals surface area contributed by atoms with Gasteiger partial charge in [-0.15, -0.1) is 0 Å². The number of nitrogens with two attached hydrogens (primary N) is 1. The maximum Gasteiger partial charge on any atom is 0.249 e. The third kappa shape index (κ3) is 1.54. The number of benzene rings is 1. The standard InChI is InChI=1S/C11H12N2O/c12-11(14)9-5-2-1-4-8(9)10-6-3-7-13-10/h1-6,10,13H,7H2,(H2,12,14)/t10-/m0/s1. The predicted molar refractivity (Wildman–Crippen MR) is 54.8 cm³/mol. The lowest BCUT2D eigenvalue weighted by Crippen LogP contribution is -2.20. The van der Waals surface area contributed by atoms with Crippen LogP contribution in [0.1, 0.15) is 22.0 Å². The molecule has 0 aromatic heterocycles. The summed E-state index contributed by atoms with van der Waals surface area (Å²) in [7, 11) is 0. The molecule has 3 N–H and O–H groups in total. The average molecular weight is 188 g/mol. The molecule has 1 amide bonds. The second-order valence-electron chi connectivity index (χ2n) is 3.27. The Morgan fingerprint density at radius 2 is 2.21 bits per heavy atom. The van der Waals surface area contributed by atoms with Crippen molar-refractivity contribution in [1.29, 1.82) is 0 Å². The molecule has 2 rings (SSSR count). The predicted octanol–water partition coefficient (Wildman–Crippen LogP) is 0.986. The van der Waals surface area contributed by atoms with Crippen LogP contribution in [0.5, 0.6) is 0 Å². The third-order valence-corrected chi connectivity index (χ3v) is 2.35. The Kier molecular flexibility index (Phi) is 2.33. The van der Waals surface area contributed by atoms with E-state index in [0.29, 0.717) is 5.56 Å². The van der Waals surface area contributed by atoms with Gasteiger partial charge in [0.15, 0.2) is 0 Å². The molecule has 14 heavy (non-hydrogen) atoms. The topological polar surface area (TPSA) is 55.1 Å². The van der Waals surface area contributed by atoms with Crippen molar-refractivity contribution in [1.82, 2.24) is 5.32 Å². The van der Waals surface area contributed by atoms with E-state index in [2.05, 4.69) is 5.32 Å². The van der Waals surface area contributed by atoms with E-state index in [1.165, 1.54) is 0 Å². The van der Waals surface area contributed by atoms with Gasteiger partial charge < -0.3 is 11.1 Å². The number of primary amides is 1. The lowest BCUT2D eigenvalue weighted by molar-refractivity contribution is 0.0999. The summed E-state index contributed by atoms with van der Waals surface area (Å²) in [6, 6.07) is 7.54. The minimum Gasteiger partial charge on any atom is -0.366 e. The Balaban J connectivity index is 2.40. The van der Waals surface area contributed by atoms with E-state index in [0.717, 1.165) is 12.1 Å². The van der Waals surface area contributed by atoms with E-state index in [1.807, 2.05) is 30.4 Å². The summed E-state index contributed by atoms with van der Waals surface area (Å²) in [5.74, 6) is -0.372. The first-order chi connectivity index (χ1) is 6.79. The molecule has 1 aromatic carbocycles. The molecule has 1 heterocycles. The highest BCUT2D eigenvalue weighted by Crippen LogP contribution is 2.21. The van der Waals surface area contributed by atoms with E-state index in [4.69, 9.17) is 5.73 Å². The van der Waals surface area contributed by atoms with E-state index in [9.17, 15) is 4.79 Å². The number of carbonyl (C=O) groups excluding carboxylic acids is 1. The van der Waals surface area contributed by atoms with Gasteiger partial charge in [0.1, 0.15) is 0 Å². The summed E-state index contributed by atoms with van der Waals surface area (Å²) in [5, 5.41) is 3.25. The molecule has 0 bridgehead atoms. The number of amides is 1. The van der Waals surface area contributed by atoms with Crippen LogP contribution < -0.4 is 11.1 Å². The van der Waals surface area contributed by atoms with Crippen LogP contribution in [0.15, 0.2) is 36.4 Å². The first-order valence-electron chi connectivity index (χ1n) is 4.58. The molecule has 1 aliphatic heterocycles. The number of carbonyl (C=O) groups is 1. The van der Waals surface area contributed by atoms with Gasteiger partial charge >= 0.3 is 0 Å². The molecule has 72 valence electrons. The zero-order chi connectivity index (χ0) is 9.97. The van der Waals surface area contributed by atoms with Crippen LogP contribution in [-0.4, -0.2) is 12.5 Å². The summed E-state index contributed by atoms with van der Waals surface area (Å²) in [6.07, 6.45) is 4.09. The van der Waals surface area contributed by atoms with Crippen molar-refractivity contribution in [3.05, 3.63) is 47.5 Å². The second kappa shape index (κ2) is 3.64. The highest BCUT2D eigenvalue weighted by Gasteiger charge is 2.16. The van der Waals surface area contributed by atoms with E-state index < -0.39 is 0 Å². The lowest BCUT2D eigenvalue weighted by atomic mass is 10.0. The van der Waals surface area contributed by atoms with Gasteiger partial charge in [-0.2, -0.15) is 0 Å². The van der Waals surface area contributed by atoms with Crippen molar-refractivity contribution in [3.63, 3.8) is 0 Å². The molecular weight excluding hydrogens is 176 g/mol. The number of hydrogen-bond acceptors (Lipinski definition) is 2. The van der Waals surface area contributed by atoms with Crippen LogP contribution in [0.4, 0.5) is 0 Å². The zero-order valence-electron chi connectivity index (χ0n) is 7.73. The Morgan fingerprint density at radius 1 is 1.43 bits per heavy atom. The molecule has 0 unspecified atom stereocenters. The van der Waals surface area contributed by atoms with Gasteiger partial charge in [0.2, 0.25) is 5.91 Å².